The van der Waals surface area contributed by atoms with Crippen LogP contribution in [0.4, 0.5) is 0 Å². The average Bonchev–Trinajstić information content (AvgIpc) is 2.24. The second-order valence-electron chi connectivity index (χ2n) is 3.41. The van der Waals surface area contributed by atoms with E-state index in [2.05, 4.69) is 15.2 Å². The highest BCUT2D eigenvalue weighted by atomic mass is 35.5. The molecular weight excluding hydrogens is 226 g/mol. The van der Waals surface area contributed by atoms with Crippen molar-refractivity contribution < 1.29 is 4.74 Å². The van der Waals surface area contributed by atoms with Gasteiger partial charge in [-0.25, -0.2) is 0 Å². The fourth-order valence-electron chi connectivity index (χ4n) is 1.22. The fraction of sp³-hybridized carbons (Fsp3) is 0.182. The molecule has 0 unspecified atom stereocenters. The molecule has 1 aromatic carbocycles. The van der Waals surface area contributed by atoms with Crippen molar-refractivity contribution >= 4 is 11.6 Å². The molecule has 2 aromatic rings. The topological polar surface area (TPSA) is 47.9 Å². The summed E-state index contributed by atoms with van der Waals surface area (Å²) in [5.74, 6) is 1.04. The minimum Gasteiger partial charge on any atom is -0.437 e. The van der Waals surface area contributed by atoms with Gasteiger partial charge in [-0.3, -0.25) is 0 Å². The molecule has 0 atom stereocenters. The first kappa shape index (κ1) is 10.8. The van der Waals surface area contributed by atoms with E-state index in [1.54, 1.807) is 0 Å². The number of hydrogen-bond acceptors (Lipinski definition) is 4. The molecule has 0 bridgehead atoms. The van der Waals surface area contributed by atoms with Gasteiger partial charge in [-0.15, -0.1) is 5.10 Å². The summed E-state index contributed by atoms with van der Waals surface area (Å²) in [4.78, 5) is 3.89. The van der Waals surface area contributed by atoms with Gasteiger partial charge in [0.1, 0.15) is 11.9 Å². The number of aryl methyl sites for hydroxylation is 2. The summed E-state index contributed by atoms with van der Waals surface area (Å²) in [6, 6.07) is 5.80. The fourth-order valence-corrected chi connectivity index (χ4v) is 1.34. The van der Waals surface area contributed by atoms with Gasteiger partial charge in [0.05, 0.1) is 0 Å². The molecule has 0 spiro atoms. The van der Waals surface area contributed by atoms with Gasteiger partial charge in [0.15, 0.2) is 0 Å². The van der Waals surface area contributed by atoms with Gasteiger partial charge in [0.2, 0.25) is 11.2 Å². The number of hydrogen-bond donors (Lipinski definition) is 0. The third-order valence-electron chi connectivity index (χ3n) is 2.21. The number of ether oxygens (including phenoxy) is 1. The minimum absolute atomic E-state index is 0.0707. The lowest BCUT2D eigenvalue weighted by atomic mass is 10.1. The van der Waals surface area contributed by atoms with E-state index in [1.807, 2.05) is 32.0 Å². The SMILES string of the molecule is Cc1ccc(Oc2cnnc(Cl)n2)cc1C. The number of benzene rings is 1. The van der Waals surface area contributed by atoms with Crippen LogP contribution in [0.1, 0.15) is 11.1 Å². The molecular formula is C11H10ClN3O. The summed E-state index contributed by atoms with van der Waals surface area (Å²) in [7, 11) is 0. The Hall–Kier alpha value is -1.68. The maximum absolute atomic E-state index is 5.60. The molecule has 1 heterocycles. The largest absolute Gasteiger partial charge is 0.437 e. The normalized spacial score (nSPS) is 10.2. The molecule has 0 aliphatic heterocycles. The average molecular weight is 236 g/mol. The predicted molar refractivity (Wildman–Crippen MR) is 60.8 cm³/mol. The molecule has 16 heavy (non-hydrogen) atoms. The third-order valence-corrected chi connectivity index (χ3v) is 2.37. The molecule has 4 nitrogen and oxygen atoms in total. The highest BCUT2D eigenvalue weighted by Gasteiger charge is 2.02. The highest BCUT2D eigenvalue weighted by Crippen LogP contribution is 2.21. The van der Waals surface area contributed by atoms with Crippen LogP contribution < -0.4 is 4.74 Å². The molecule has 82 valence electrons. The quantitative estimate of drug-likeness (QED) is 0.803. The Kier molecular flexibility index (Phi) is 3.01. The summed E-state index contributed by atoms with van der Waals surface area (Å²) in [5.41, 5.74) is 2.37. The Labute approximate surface area is 98.3 Å². The summed E-state index contributed by atoms with van der Waals surface area (Å²) in [6.07, 6.45) is 1.42. The van der Waals surface area contributed by atoms with Gasteiger partial charge in [0.25, 0.3) is 0 Å². The van der Waals surface area contributed by atoms with E-state index in [0.717, 1.165) is 5.56 Å². The van der Waals surface area contributed by atoms with Crippen LogP contribution in [0.15, 0.2) is 24.4 Å². The Morgan fingerprint density at radius 2 is 2.00 bits per heavy atom. The maximum atomic E-state index is 5.60. The van der Waals surface area contributed by atoms with E-state index in [1.165, 1.54) is 11.8 Å². The molecule has 0 amide bonds. The van der Waals surface area contributed by atoms with Gasteiger partial charge in [-0.05, 0) is 48.7 Å². The van der Waals surface area contributed by atoms with Gasteiger partial charge < -0.3 is 4.74 Å². The van der Waals surface area contributed by atoms with Crippen molar-refractivity contribution in [3.05, 3.63) is 40.8 Å². The molecule has 5 heteroatoms. The second-order valence-corrected chi connectivity index (χ2v) is 3.75. The summed E-state index contributed by atoms with van der Waals surface area (Å²) >= 11 is 5.60. The molecule has 0 aliphatic carbocycles. The second kappa shape index (κ2) is 4.45. The van der Waals surface area contributed by atoms with Crippen molar-refractivity contribution in [2.45, 2.75) is 13.8 Å². The van der Waals surface area contributed by atoms with Crippen molar-refractivity contribution in [2.24, 2.45) is 0 Å². The monoisotopic (exact) mass is 235 g/mol. The molecule has 0 saturated carbocycles. The Morgan fingerprint density at radius 3 is 2.69 bits per heavy atom. The van der Waals surface area contributed by atoms with E-state index in [4.69, 9.17) is 16.3 Å². The highest BCUT2D eigenvalue weighted by molar-refractivity contribution is 6.28. The van der Waals surface area contributed by atoms with Crippen molar-refractivity contribution in [1.82, 2.24) is 15.2 Å². The van der Waals surface area contributed by atoms with E-state index in [9.17, 15) is 0 Å². The lowest BCUT2D eigenvalue weighted by molar-refractivity contribution is 0.456. The first-order valence-corrected chi connectivity index (χ1v) is 5.13. The van der Waals surface area contributed by atoms with Crippen LogP contribution in [-0.2, 0) is 0 Å². The van der Waals surface area contributed by atoms with Crippen LogP contribution in [0.25, 0.3) is 0 Å². The molecule has 0 fully saturated rings. The summed E-state index contributed by atoms with van der Waals surface area (Å²) in [6.45, 7) is 4.07. The van der Waals surface area contributed by atoms with E-state index in [0.29, 0.717) is 11.6 Å². The van der Waals surface area contributed by atoms with E-state index >= 15 is 0 Å². The molecule has 0 radical (unpaired) electrons. The lowest BCUT2D eigenvalue weighted by Gasteiger charge is -2.06. The number of aromatic nitrogens is 3. The number of halogens is 1. The molecule has 0 N–H and O–H groups in total. The van der Waals surface area contributed by atoms with Crippen molar-refractivity contribution in [2.75, 3.05) is 0 Å². The number of rotatable bonds is 2. The van der Waals surface area contributed by atoms with Crippen LogP contribution >= 0.6 is 11.6 Å². The van der Waals surface area contributed by atoms with Crippen molar-refractivity contribution in [3.63, 3.8) is 0 Å². The van der Waals surface area contributed by atoms with Crippen molar-refractivity contribution in [3.8, 4) is 11.6 Å². The van der Waals surface area contributed by atoms with Gasteiger partial charge in [-0.1, -0.05) is 6.07 Å². The van der Waals surface area contributed by atoms with Crippen LogP contribution in [-0.4, -0.2) is 15.2 Å². The Morgan fingerprint density at radius 1 is 1.19 bits per heavy atom. The zero-order valence-corrected chi connectivity index (χ0v) is 9.69. The smallest absolute Gasteiger partial charge is 0.246 e. The van der Waals surface area contributed by atoms with Gasteiger partial charge in [0, 0.05) is 0 Å². The molecule has 0 aliphatic rings. The van der Waals surface area contributed by atoms with Gasteiger partial charge >= 0.3 is 0 Å². The predicted octanol–water partition coefficient (Wildman–Crippen LogP) is 2.93. The first-order valence-electron chi connectivity index (χ1n) is 4.75. The van der Waals surface area contributed by atoms with Crippen LogP contribution in [0.5, 0.6) is 11.6 Å². The van der Waals surface area contributed by atoms with E-state index < -0.39 is 0 Å². The molecule has 2 rings (SSSR count). The molecule has 1 aromatic heterocycles. The standard InChI is InChI=1S/C11H10ClN3O/c1-7-3-4-9(5-8(7)2)16-10-6-13-15-11(12)14-10/h3-6H,1-2H3. The van der Waals surface area contributed by atoms with Gasteiger partial charge in [-0.2, -0.15) is 10.1 Å². The van der Waals surface area contributed by atoms with Crippen molar-refractivity contribution in [1.29, 1.82) is 0 Å². The van der Waals surface area contributed by atoms with Crippen LogP contribution in [0.2, 0.25) is 5.28 Å². The summed E-state index contributed by atoms with van der Waals surface area (Å²) in [5, 5.41) is 7.26. The zero-order chi connectivity index (χ0) is 11.5. The third kappa shape index (κ3) is 2.46. The summed E-state index contributed by atoms with van der Waals surface area (Å²) < 4.78 is 5.50. The zero-order valence-electron chi connectivity index (χ0n) is 8.94. The number of nitrogens with zero attached hydrogens (tertiary/aromatic N) is 3. The van der Waals surface area contributed by atoms with Crippen LogP contribution in [0.3, 0.4) is 0 Å². The first-order chi connectivity index (χ1) is 7.65. The lowest BCUT2D eigenvalue weighted by Crippen LogP contribution is -1.93. The molecule has 0 saturated heterocycles. The van der Waals surface area contributed by atoms with Crippen LogP contribution in [0, 0.1) is 13.8 Å². The van der Waals surface area contributed by atoms with E-state index in [-0.39, 0.29) is 5.28 Å². The Balaban J connectivity index is 2.24. The minimum atomic E-state index is 0.0707. The maximum Gasteiger partial charge on any atom is 0.246 e. The Bertz CT molecular complexity index is 516.